The van der Waals surface area contributed by atoms with Crippen molar-refractivity contribution in [1.82, 2.24) is 9.80 Å². The highest BCUT2D eigenvalue weighted by Gasteiger charge is 2.17. The molecule has 0 radical (unpaired) electrons. The van der Waals surface area contributed by atoms with E-state index in [1.54, 1.807) is 0 Å². The molecular formula is C24H31N3O. The molecule has 0 saturated carbocycles. The molecule has 2 aromatic rings. The molecule has 1 amide bonds. The summed E-state index contributed by atoms with van der Waals surface area (Å²) in [4.78, 5) is 17.2. The van der Waals surface area contributed by atoms with E-state index in [9.17, 15) is 4.79 Å². The summed E-state index contributed by atoms with van der Waals surface area (Å²) in [6.07, 6.45) is 4.97. The highest BCUT2D eigenvalue weighted by molar-refractivity contribution is 5.92. The number of benzene rings is 2. The van der Waals surface area contributed by atoms with Gasteiger partial charge in [0, 0.05) is 51.4 Å². The first kappa shape index (κ1) is 20.3. The van der Waals surface area contributed by atoms with E-state index < -0.39 is 0 Å². The van der Waals surface area contributed by atoms with Gasteiger partial charge in [-0.1, -0.05) is 60.7 Å². The Hall–Kier alpha value is -2.43. The molecule has 28 heavy (non-hydrogen) atoms. The Balaban J connectivity index is 1.36. The molecule has 0 atom stereocenters. The molecule has 0 spiro atoms. The first-order valence-electron chi connectivity index (χ1n) is 10.1. The van der Waals surface area contributed by atoms with Gasteiger partial charge < -0.3 is 10.2 Å². The van der Waals surface area contributed by atoms with Crippen molar-refractivity contribution in [2.45, 2.75) is 20.3 Å². The maximum Gasteiger partial charge on any atom is 0.225 e. The van der Waals surface area contributed by atoms with Gasteiger partial charge in [-0.3, -0.25) is 9.69 Å². The van der Waals surface area contributed by atoms with E-state index in [4.69, 9.17) is 0 Å². The number of amides is 1. The lowest BCUT2D eigenvalue weighted by molar-refractivity contribution is -0.116. The zero-order valence-electron chi connectivity index (χ0n) is 17.0. The number of nitrogens with one attached hydrogen (secondary N) is 1. The molecule has 1 N–H and O–H groups in total. The van der Waals surface area contributed by atoms with Crippen molar-refractivity contribution < 1.29 is 4.79 Å². The number of anilines is 1. The van der Waals surface area contributed by atoms with Crippen LogP contribution < -0.4 is 5.32 Å². The maximum absolute atomic E-state index is 12.3. The maximum atomic E-state index is 12.3. The minimum Gasteiger partial charge on any atom is -0.326 e. The van der Waals surface area contributed by atoms with Crippen LogP contribution in [-0.4, -0.2) is 55.0 Å². The minimum atomic E-state index is 0.102. The summed E-state index contributed by atoms with van der Waals surface area (Å²) in [5.74, 6) is 0.102. The van der Waals surface area contributed by atoms with Gasteiger partial charge in [0.2, 0.25) is 5.91 Å². The second kappa shape index (κ2) is 10.2. The first-order valence-corrected chi connectivity index (χ1v) is 10.1. The number of carbonyl (C=O) groups excluding carboxylic acids is 1. The summed E-state index contributed by atoms with van der Waals surface area (Å²) in [6.45, 7) is 10.0. The van der Waals surface area contributed by atoms with Crippen molar-refractivity contribution in [3.8, 4) is 0 Å². The van der Waals surface area contributed by atoms with Gasteiger partial charge in [-0.25, -0.2) is 0 Å². The van der Waals surface area contributed by atoms with Gasteiger partial charge in [0.05, 0.1) is 0 Å². The molecule has 1 heterocycles. The standard InChI is InChI=1S/C24H31N3O/c1-20-8-6-9-21(2)24(20)25-23(28)13-15-27-18-16-26(17-19-27)14-7-12-22-10-4-3-5-11-22/h3-12H,13-19H2,1-2H3,(H,25,28)/b12-7+. The van der Waals surface area contributed by atoms with Crippen molar-refractivity contribution in [3.05, 3.63) is 71.3 Å². The van der Waals surface area contributed by atoms with Crippen LogP contribution in [0.25, 0.3) is 6.08 Å². The lowest BCUT2D eigenvalue weighted by Gasteiger charge is -2.34. The van der Waals surface area contributed by atoms with Gasteiger partial charge in [-0.2, -0.15) is 0 Å². The summed E-state index contributed by atoms with van der Waals surface area (Å²) >= 11 is 0. The van der Waals surface area contributed by atoms with Gasteiger partial charge in [-0.05, 0) is 30.5 Å². The van der Waals surface area contributed by atoms with Crippen molar-refractivity contribution >= 4 is 17.7 Å². The van der Waals surface area contributed by atoms with Gasteiger partial charge in [0.1, 0.15) is 0 Å². The molecule has 1 fully saturated rings. The molecule has 0 aromatic heterocycles. The van der Waals surface area contributed by atoms with Crippen LogP contribution in [0.3, 0.4) is 0 Å². The quantitative estimate of drug-likeness (QED) is 0.793. The van der Waals surface area contributed by atoms with E-state index in [2.05, 4.69) is 51.5 Å². The number of hydrogen-bond acceptors (Lipinski definition) is 3. The molecule has 3 rings (SSSR count). The molecule has 4 heteroatoms. The van der Waals surface area contributed by atoms with Crippen LogP contribution in [0.2, 0.25) is 0 Å². The van der Waals surface area contributed by atoms with Gasteiger partial charge in [-0.15, -0.1) is 0 Å². The Morgan fingerprint density at radius 1 is 0.929 bits per heavy atom. The second-order valence-corrected chi connectivity index (χ2v) is 7.52. The fourth-order valence-electron chi connectivity index (χ4n) is 3.57. The number of aryl methyl sites for hydroxylation is 2. The smallest absolute Gasteiger partial charge is 0.225 e. The van der Waals surface area contributed by atoms with E-state index in [-0.39, 0.29) is 5.91 Å². The number of hydrogen-bond donors (Lipinski definition) is 1. The summed E-state index contributed by atoms with van der Waals surface area (Å²) in [6, 6.07) is 16.5. The summed E-state index contributed by atoms with van der Waals surface area (Å²) in [5.41, 5.74) is 4.44. The van der Waals surface area contributed by atoms with E-state index in [1.165, 1.54) is 5.56 Å². The topological polar surface area (TPSA) is 35.6 Å². The molecule has 1 aliphatic rings. The van der Waals surface area contributed by atoms with Crippen LogP contribution in [0.5, 0.6) is 0 Å². The molecule has 4 nitrogen and oxygen atoms in total. The fourth-order valence-corrected chi connectivity index (χ4v) is 3.57. The predicted octanol–water partition coefficient (Wildman–Crippen LogP) is 3.96. The predicted molar refractivity (Wildman–Crippen MR) is 118 cm³/mol. The van der Waals surface area contributed by atoms with E-state index in [1.807, 2.05) is 38.1 Å². The third kappa shape index (κ3) is 6.04. The normalized spacial score (nSPS) is 15.8. The van der Waals surface area contributed by atoms with Gasteiger partial charge in [0.25, 0.3) is 0 Å². The summed E-state index contributed by atoms with van der Waals surface area (Å²) in [5, 5.41) is 3.09. The van der Waals surface area contributed by atoms with Crippen LogP contribution in [-0.2, 0) is 4.79 Å². The molecule has 2 aromatic carbocycles. The van der Waals surface area contributed by atoms with E-state index in [0.717, 1.165) is 56.1 Å². The largest absolute Gasteiger partial charge is 0.326 e. The van der Waals surface area contributed by atoms with Crippen LogP contribution in [0, 0.1) is 13.8 Å². The third-order valence-electron chi connectivity index (χ3n) is 5.34. The van der Waals surface area contributed by atoms with E-state index in [0.29, 0.717) is 6.42 Å². The Morgan fingerprint density at radius 3 is 2.25 bits per heavy atom. The summed E-state index contributed by atoms with van der Waals surface area (Å²) < 4.78 is 0. The zero-order chi connectivity index (χ0) is 19.8. The zero-order valence-corrected chi connectivity index (χ0v) is 17.0. The molecule has 0 unspecified atom stereocenters. The highest BCUT2D eigenvalue weighted by atomic mass is 16.1. The fraction of sp³-hybridized carbons (Fsp3) is 0.375. The van der Waals surface area contributed by atoms with Gasteiger partial charge >= 0.3 is 0 Å². The lowest BCUT2D eigenvalue weighted by atomic mass is 10.1. The lowest BCUT2D eigenvalue weighted by Crippen LogP contribution is -2.46. The number of piperazine rings is 1. The second-order valence-electron chi connectivity index (χ2n) is 7.52. The van der Waals surface area contributed by atoms with Crippen LogP contribution in [0.15, 0.2) is 54.6 Å². The number of rotatable bonds is 7. The highest BCUT2D eigenvalue weighted by Crippen LogP contribution is 2.19. The SMILES string of the molecule is Cc1cccc(C)c1NC(=O)CCN1CCN(C/C=C/c2ccccc2)CC1. The summed E-state index contributed by atoms with van der Waals surface area (Å²) in [7, 11) is 0. The van der Waals surface area contributed by atoms with Crippen LogP contribution in [0.1, 0.15) is 23.1 Å². The first-order chi connectivity index (χ1) is 13.6. The average molecular weight is 378 g/mol. The van der Waals surface area contributed by atoms with Crippen LogP contribution in [0.4, 0.5) is 5.69 Å². The monoisotopic (exact) mass is 377 g/mol. The molecular weight excluding hydrogens is 346 g/mol. The Bertz CT molecular complexity index is 773. The number of para-hydroxylation sites is 1. The molecule has 148 valence electrons. The van der Waals surface area contributed by atoms with Gasteiger partial charge in [0.15, 0.2) is 0 Å². The Morgan fingerprint density at radius 2 is 1.57 bits per heavy atom. The van der Waals surface area contributed by atoms with Crippen molar-refractivity contribution in [2.75, 3.05) is 44.6 Å². The molecule has 1 aliphatic heterocycles. The van der Waals surface area contributed by atoms with Crippen LogP contribution >= 0.6 is 0 Å². The molecule has 0 aliphatic carbocycles. The number of nitrogens with zero attached hydrogens (tertiary/aromatic N) is 2. The molecule has 0 bridgehead atoms. The molecule has 1 saturated heterocycles. The van der Waals surface area contributed by atoms with Crippen molar-refractivity contribution in [1.29, 1.82) is 0 Å². The Kier molecular flexibility index (Phi) is 7.40. The van der Waals surface area contributed by atoms with Crippen molar-refractivity contribution in [3.63, 3.8) is 0 Å². The Labute approximate surface area is 168 Å². The minimum absolute atomic E-state index is 0.102. The number of carbonyl (C=O) groups is 1. The van der Waals surface area contributed by atoms with E-state index >= 15 is 0 Å². The average Bonchev–Trinajstić information content (AvgIpc) is 2.71. The third-order valence-corrected chi connectivity index (χ3v) is 5.34. The van der Waals surface area contributed by atoms with Crippen molar-refractivity contribution in [2.24, 2.45) is 0 Å².